The highest BCUT2D eigenvalue weighted by Crippen LogP contribution is 2.48. The number of unbranched alkanes of at least 4 members (excludes halogenated alkanes) is 24. The van der Waals surface area contributed by atoms with Crippen molar-refractivity contribution in [2.45, 2.75) is 273 Å². The monoisotopic (exact) mass is 1010 g/mol. The van der Waals surface area contributed by atoms with Gasteiger partial charge in [0, 0.05) is 12.8 Å². The lowest BCUT2D eigenvalue weighted by Gasteiger charge is -2.47. The maximum Gasteiger partial charge on any atom is 0.472 e. The minimum absolute atomic E-state index is 0.0366. The largest absolute Gasteiger partial charge is 0.472 e. The molecule has 0 aromatic carbocycles. The zero-order valence-corrected chi connectivity index (χ0v) is 42.8. The van der Waals surface area contributed by atoms with Crippen LogP contribution >= 0.6 is 7.82 Å². The third-order valence-electron chi connectivity index (χ3n) is 13.0. The molecule has 0 radical (unpaired) electrons. The molecule has 0 aromatic heterocycles. The first-order chi connectivity index (χ1) is 33.2. The average molecular weight is 1010 g/mol. The summed E-state index contributed by atoms with van der Waals surface area (Å²) in [6.07, 6.45) is 11.4. The van der Waals surface area contributed by atoms with Gasteiger partial charge in [-0.3, -0.25) is 18.6 Å². The summed E-state index contributed by atoms with van der Waals surface area (Å²) in [5.41, 5.74) is 0. The van der Waals surface area contributed by atoms with E-state index >= 15 is 0 Å². The quantitative estimate of drug-likeness (QED) is 0.0137. The second-order valence-electron chi connectivity index (χ2n) is 19.1. The molecule has 2 aliphatic rings. The number of allylic oxidation sites excluding steroid dienone is 2. The van der Waals surface area contributed by atoms with E-state index in [1.165, 1.54) is 83.5 Å². The third-order valence-corrected chi connectivity index (χ3v) is 14.0. The molecule has 19 heteroatoms. The smallest absolute Gasteiger partial charge is 0.462 e. The minimum atomic E-state index is -5.37. The topological polar surface area (TPSA) is 289 Å². The summed E-state index contributed by atoms with van der Waals surface area (Å²) in [6.45, 7) is 2.23. The number of phosphoric acid groups is 1. The van der Waals surface area contributed by atoms with Gasteiger partial charge in [0.2, 0.25) is 0 Å². The Bertz CT molecular complexity index is 1390. The molecule has 18 nitrogen and oxygen atoms in total. The molecule has 2 rings (SSSR count). The van der Waals surface area contributed by atoms with Crippen LogP contribution in [0.3, 0.4) is 0 Å². The van der Waals surface area contributed by atoms with Gasteiger partial charge in [0.1, 0.15) is 67.6 Å². The van der Waals surface area contributed by atoms with E-state index in [1.54, 1.807) is 0 Å². The van der Waals surface area contributed by atoms with Crippen LogP contribution in [0.4, 0.5) is 0 Å². The lowest BCUT2D eigenvalue weighted by atomic mass is 9.84. The molecule has 1 heterocycles. The van der Waals surface area contributed by atoms with Crippen LogP contribution in [-0.4, -0.2) is 151 Å². The maximum atomic E-state index is 13.4. The van der Waals surface area contributed by atoms with Gasteiger partial charge < -0.3 is 64.7 Å². The highest BCUT2D eigenvalue weighted by molar-refractivity contribution is 7.47. The first-order valence-corrected chi connectivity index (χ1v) is 28.0. The zero-order chi connectivity index (χ0) is 50.9. The van der Waals surface area contributed by atoms with Crippen molar-refractivity contribution in [2.24, 2.45) is 0 Å². The molecule has 13 unspecified atom stereocenters. The number of aliphatic hydroxyl groups is 8. The summed E-state index contributed by atoms with van der Waals surface area (Å²) in [6, 6.07) is 0. The summed E-state index contributed by atoms with van der Waals surface area (Å²) in [7, 11) is -5.37. The summed E-state index contributed by atoms with van der Waals surface area (Å²) in [5.74, 6) is -1.21. The normalized spacial score (nSPS) is 27.6. The van der Waals surface area contributed by atoms with Gasteiger partial charge in [-0.15, -0.1) is 0 Å². The molecule has 2 fully saturated rings. The Hall–Kier alpha value is -1.61. The SMILES string of the molecule is CCCCCCC=CCCCCCCCCCC(=O)OCC(COP(=O)(O)OC1C(O)C(O)C(O)C(O)C1OC1OC(CO)C(O)C(O)C1O)OC(=O)CCCCCCCCCCCCCCCC. The van der Waals surface area contributed by atoms with Gasteiger partial charge >= 0.3 is 19.8 Å². The molecule has 406 valence electrons. The van der Waals surface area contributed by atoms with Gasteiger partial charge in [0.25, 0.3) is 0 Å². The van der Waals surface area contributed by atoms with E-state index < -0.39 is 113 Å². The van der Waals surface area contributed by atoms with Crippen LogP contribution in [0, 0.1) is 0 Å². The molecular weight excluding hydrogens is 920 g/mol. The van der Waals surface area contributed by atoms with Crippen molar-refractivity contribution < 1.29 is 87.9 Å². The van der Waals surface area contributed by atoms with E-state index in [2.05, 4.69) is 26.0 Å². The molecule has 9 N–H and O–H groups in total. The highest BCUT2D eigenvalue weighted by atomic mass is 31.2. The Kier molecular flexibility index (Phi) is 35.0. The van der Waals surface area contributed by atoms with Gasteiger partial charge in [0.05, 0.1) is 13.2 Å². The fourth-order valence-corrected chi connectivity index (χ4v) is 9.55. The molecule has 13 atom stereocenters. The summed E-state index contributed by atoms with van der Waals surface area (Å²) < 4.78 is 45.5. The predicted octanol–water partition coefficient (Wildman–Crippen LogP) is 6.49. The van der Waals surface area contributed by atoms with Crippen LogP contribution in [0.1, 0.15) is 200 Å². The number of rotatable bonds is 41. The van der Waals surface area contributed by atoms with Crippen molar-refractivity contribution in [1.29, 1.82) is 0 Å². The number of carbonyl (C=O) groups is 2. The van der Waals surface area contributed by atoms with E-state index in [0.29, 0.717) is 12.8 Å². The molecule has 0 spiro atoms. The lowest BCUT2D eigenvalue weighted by molar-refractivity contribution is -0.338. The predicted molar refractivity (Wildman–Crippen MR) is 259 cm³/mol. The van der Waals surface area contributed by atoms with Crippen molar-refractivity contribution >= 4 is 19.8 Å². The first-order valence-electron chi connectivity index (χ1n) is 26.5. The van der Waals surface area contributed by atoms with Gasteiger partial charge in [-0.05, 0) is 38.5 Å². The average Bonchev–Trinajstić information content (AvgIpc) is 3.33. The molecule has 1 saturated carbocycles. The number of phosphoric ester groups is 1. The Morgan fingerprint density at radius 2 is 0.957 bits per heavy atom. The second kappa shape index (κ2) is 38.0. The number of hydrogen-bond acceptors (Lipinski definition) is 17. The molecule has 69 heavy (non-hydrogen) atoms. The maximum absolute atomic E-state index is 13.4. The molecule has 0 aromatic rings. The lowest BCUT2D eigenvalue weighted by Crippen LogP contribution is -2.67. The molecule has 1 saturated heterocycles. The molecule has 0 bridgehead atoms. The van der Waals surface area contributed by atoms with E-state index in [0.717, 1.165) is 77.0 Å². The van der Waals surface area contributed by atoms with E-state index in [1.807, 2.05) is 0 Å². The Morgan fingerprint density at radius 3 is 1.45 bits per heavy atom. The van der Waals surface area contributed by atoms with Gasteiger partial charge in [-0.1, -0.05) is 161 Å². The van der Waals surface area contributed by atoms with Gasteiger partial charge in [-0.25, -0.2) is 4.57 Å². The van der Waals surface area contributed by atoms with Crippen molar-refractivity contribution in [1.82, 2.24) is 0 Å². The fraction of sp³-hybridized carbons (Fsp3) is 0.920. The fourth-order valence-electron chi connectivity index (χ4n) is 8.58. The van der Waals surface area contributed by atoms with Crippen LogP contribution in [0.2, 0.25) is 0 Å². The highest BCUT2D eigenvalue weighted by Gasteiger charge is 2.55. The number of aliphatic hydroxyl groups excluding tert-OH is 8. The van der Waals surface area contributed by atoms with Gasteiger partial charge in [-0.2, -0.15) is 0 Å². The summed E-state index contributed by atoms with van der Waals surface area (Å²) in [4.78, 5) is 36.6. The molecular formula is C50H93O18P. The number of carbonyl (C=O) groups excluding carboxylic acids is 2. The Morgan fingerprint density at radius 1 is 0.536 bits per heavy atom. The van der Waals surface area contributed by atoms with E-state index in [4.69, 9.17) is 28.0 Å². The van der Waals surface area contributed by atoms with E-state index in [-0.39, 0.29) is 12.8 Å². The third kappa shape index (κ3) is 26.8. The Balaban J connectivity index is 1.93. The van der Waals surface area contributed by atoms with Crippen LogP contribution in [-0.2, 0) is 42.1 Å². The van der Waals surface area contributed by atoms with Crippen molar-refractivity contribution in [3.05, 3.63) is 12.2 Å². The van der Waals surface area contributed by atoms with Crippen LogP contribution < -0.4 is 0 Å². The molecule has 1 aliphatic heterocycles. The number of ether oxygens (including phenoxy) is 4. The minimum Gasteiger partial charge on any atom is -0.462 e. The Labute approximate surface area is 412 Å². The van der Waals surface area contributed by atoms with Crippen molar-refractivity contribution in [3.63, 3.8) is 0 Å². The van der Waals surface area contributed by atoms with E-state index in [9.17, 15) is 59.9 Å². The first kappa shape index (κ1) is 63.5. The summed E-state index contributed by atoms with van der Waals surface area (Å²) in [5, 5.41) is 83.0. The summed E-state index contributed by atoms with van der Waals surface area (Å²) >= 11 is 0. The van der Waals surface area contributed by atoms with Crippen molar-refractivity contribution in [3.8, 4) is 0 Å². The molecule has 0 amide bonds. The standard InChI is InChI=1S/C50H93O18P/c1-3-5-7-9-11-13-15-17-19-21-22-24-26-28-30-32-39(52)63-35-37(65-40(53)33-31-29-27-25-23-20-18-16-14-12-10-8-6-4-2)36-64-69(61,62)68-49-46(59)44(57)43(56)45(58)48(49)67-50-47(60)42(55)41(54)38(34-51)66-50/h13,15,37-38,41-51,54-60H,3-12,14,16-36H2,1-2H3,(H,61,62). The number of hydrogen-bond donors (Lipinski definition) is 9. The van der Waals surface area contributed by atoms with Crippen molar-refractivity contribution in [2.75, 3.05) is 19.8 Å². The van der Waals surface area contributed by atoms with Crippen LogP contribution in [0.5, 0.6) is 0 Å². The molecule has 1 aliphatic carbocycles. The zero-order valence-electron chi connectivity index (χ0n) is 41.9. The second-order valence-corrected chi connectivity index (χ2v) is 20.5. The van der Waals surface area contributed by atoms with Crippen LogP contribution in [0.25, 0.3) is 0 Å². The van der Waals surface area contributed by atoms with Gasteiger partial charge in [0.15, 0.2) is 12.4 Å². The van der Waals surface area contributed by atoms with Crippen LogP contribution in [0.15, 0.2) is 12.2 Å². The number of esters is 2.